The van der Waals surface area contributed by atoms with E-state index in [-0.39, 0.29) is 5.82 Å². The number of aromatic nitrogens is 1. The van der Waals surface area contributed by atoms with Gasteiger partial charge in [0.25, 0.3) is 0 Å². The second-order valence-corrected chi connectivity index (χ2v) is 5.88. The molecule has 1 aromatic heterocycles. The van der Waals surface area contributed by atoms with E-state index in [9.17, 15) is 4.39 Å². The zero-order chi connectivity index (χ0) is 14.7. The zero-order valence-corrected chi connectivity index (χ0v) is 12.6. The van der Waals surface area contributed by atoms with Crippen molar-refractivity contribution in [1.82, 2.24) is 4.98 Å². The second kappa shape index (κ2) is 6.24. The summed E-state index contributed by atoms with van der Waals surface area (Å²) in [7, 11) is 0. The summed E-state index contributed by atoms with van der Waals surface area (Å²) in [6, 6.07) is 14.4. The van der Waals surface area contributed by atoms with Crippen molar-refractivity contribution in [3.63, 3.8) is 0 Å². The molecule has 21 heavy (non-hydrogen) atoms. The predicted molar refractivity (Wildman–Crippen MR) is 86.3 cm³/mol. The largest absolute Gasteiger partial charge is 0.378 e. The molecule has 0 aliphatic carbocycles. The first-order valence-corrected chi connectivity index (χ1v) is 7.66. The summed E-state index contributed by atoms with van der Waals surface area (Å²) < 4.78 is 13.2. The molecule has 5 heteroatoms. The molecule has 1 N–H and O–H groups in total. The molecular formula is C16H12ClFN2S. The number of nitrogens with zero attached hydrogens (tertiary/aromatic N) is 1. The molecule has 0 aliphatic rings. The minimum Gasteiger partial charge on any atom is -0.378 e. The highest BCUT2D eigenvalue weighted by Gasteiger charge is 2.05. The topological polar surface area (TPSA) is 24.9 Å². The van der Waals surface area contributed by atoms with Crippen LogP contribution in [0.1, 0.15) is 5.01 Å². The number of rotatable bonds is 4. The molecule has 3 aromatic rings. The van der Waals surface area contributed by atoms with Crippen LogP contribution in [0, 0.1) is 5.82 Å². The molecule has 0 unspecified atom stereocenters. The van der Waals surface area contributed by atoms with Crippen LogP contribution in [-0.4, -0.2) is 4.98 Å². The van der Waals surface area contributed by atoms with E-state index in [1.165, 1.54) is 12.1 Å². The number of benzene rings is 2. The summed E-state index contributed by atoms with van der Waals surface area (Å²) in [6.07, 6.45) is 0. The molecule has 0 spiro atoms. The molecule has 0 amide bonds. The molecule has 0 saturated heterocycles. The number of hydrogen-bond donors (Lipinski definition) is 1. The molecule has 0 bridgehead atoms. The Kier molecular flexibility index (Phi) is 4.18. The summed E-state index contributed by atoms with van der Waals surface area (Å²) in [5, 5.41) is 6.47. The highest BCUT2D eigenvalue weighted by atomic mass is 35.5. The molecule has 2 nitrogen and oxygen atoms in total. The number of halogens is 2. The van der Waals surface area contributed by atoms with E-state index >= 15 is 0 Å². The third-order valence-corrected chi connectivity index (χ3v) is 3.99. The first-order chi connectivity index (χ1) is 10.2. The van der Waals surface area contributed by atoms with Gasteiger partial charge < -0.3 is 5.32 Å². The Bertz CT molecular complexity index is 723. The maximum atomic E-state index is 13.2. The lowest BCUT2D eigenvalue weighted by molar-refractivity contribution is 0.628. The molecule has 2 aromatic carbocycles. The number of hydrogen-bond acceptors (Lipinski definition) is 3. The Balaban J connectivity index is 1.70. The van der Waals surface area contributed by atoms with Crippen LogP contribution in [0.25, 0.3) is 11.3 Å². The lowest BCUT2D eigenvalue weighted by atomic mass is 10.2. The van der Waals surface area contributed by atoms with E-state index < -0.39 is 0 Å². The molecule has 106 valence electrons. The van der Waals surface area contributed by atoms with E-state index in [0.717, 1.165) is 16.3 Å². The van der Waals surface area contributed by atoms with Gasteiger partial charge >= 0.3 is 0 Å². The molecule has 1 heterocycles. The Morgan fingerprint density at radius 3 is 2.71 bits per heavy atom. The van der Waals surface area contributed by atoms with Crippen molar-refractivity contribution in [2.24, 2.45) is 0 Å². The Morgan fingerprint density at radius 1 is 1.14 bits per heavy atom. The average molecular weight is 319 g/mol. The lowest BCUT2D eigenvalue weighted by Crippen LogP contribution is -1.99. The number of thiazole rings is 1. The van der Waals surface area contributed by atoms with Crippen LogP contribution in [0.15, 0.2) is 53.9 Å². The van der Waals surface area contributed by atoms with E-state index in [4.69, 9.17) is 11.6 Å². The van der Waals surface area contributed by atoms with Gasteiger partial charge in [0.1, 0.15) is 10.8 Å². The van der Waals surface area contributed by atoms with Crippen LogP contribution in [0.2, 0.25) is 5.02 Å². The zero-order valence-electron chi connectivity index (χ0n) is 11.0. The third kappa shape index (κ3) is 3.60. The van der Waals surface area contributed by atoms with Crippen LogP contribution < -0.4 is 5.32 Å². The smallest absolute Gasteiger partial charge is 0.126 e. The van der Waals surface area contributed by atoms with E-state index in [1.807, 2.05) is 35.7 Å². The number of nitrogens with one attached hydrogen (secondary N) is 1. The molecule has 3 rings (SSSR count). The van der Waals surface area contributed by atoms with Crippen molar-refractivity contribution in [2.75, 3.05) is 5.32 Å². The van der Waals surface area contributed by atoms with Crippen LogP contribution in [-0.2, 0) is 6.54 Å². The van der Waals surface area contributed by atoms with Crippen LogP contribution in [0.3, 0.4) is 0 Å². The average Bonchev–Trinajstić information content (AvgIpc) is 2.94. The van der Waals surface area contributed by atoms with Gasteiger partial charge in [0.15, 0.2) is 0 Å². The van der Waals surface area contributed by atoms with Crippen LogP contribution in [0.5, 0.6) is 0 Å². The van der Waals surface area contributed by atoms with E-state index in [2.05, 4.69) is 10.3 Å². The Labute approximate surface area is 131 Å². The lowest BCUT2D eigenvalue weighted by Gasteiger charge is -2.05. The summed E-state index contributed by atoms with van der Waals surface area (Å²) in [5.74, 6) is -0.353. The normalized spacial score (nSPS) is 10.6. The van der Waals surface area contributed by atoms with Gasteiger partial charge in [-0.25, -0.2) is 9.37 Å². The van der Waals surface area contributed by atoms with Crippen molar-refractivity contribution < 1.29 is 4.39 Å². The summed E-state index contributed by atoms with van der Waals surface area (Å²) in [6.45, 7) is 0.539. The Morgan fingerprint density at radius 2 is 1.95 bits per heavy atom. The third-order valence-electron chi connectivity index (χ3n) is 2.93. The maximum absolute atomic E-state index is 13.2. The van der Waals surface area contributed by atoms with Crippen molar-refractivity contribution in [1.29, 1.82) is 0 Å². The fourth-order valence-electron chi connectivity index (χ4n) is 1.97. The fraction of sp³-hybridized carbons (Fsp3) is 0.0625. The molecule has 0 radical (unpaired) electrons. The first-order valence-electron chi connectivity index (χ1n) is 6.40. The molecule has 0 atom stereocenters. The first kappa shape index (κ1) is 14.0. The van der Waals surface area contributed by atoms with Gasteiger partial charge in [-0.15, -0.1) is 11.3 Å². The van der Waals surface area contributed by atoms with Crippen LogP contribution >= 0.6 is 22.9 Å². The molecule has 0 fully saturated rings. The molecule has 0 saturated carbocycles. The summed E-state index contributed by atoms with van der Waals surface area (Å²) >= 11 is 7.39. The van der Waals surface area contributed by atoms with Crippen LogP contribution in [0.4, 0.5) is 10.1 Å². The van der Waals surface area contributed by atoms with E-state index in [0.29, 0.717) is 17.3 Å². The maximum Gasteiger partial charge on any atom is 0.126 e. The van der Waals surface area contributed by atoms with Gasteiger partial charge in [-0.2, -0.15) is 0 Å². The summed E-state index contributed by atoms with van der Waals surface area (Å²) in [5.41, 5.74) is 2.69. The molecular weight excluding hydrogens is 307 g/mol. The standard InChI is InChI=1S/C16H12ClFN2S/c17-12-6-13(18)8-14(7-12)19-9-16-20-15(10-21-16)11-4-2-1-3-5-11/h1-8,10,19H,9H2. The van der Waals surface area contributed by atoms with Gasteiger partial charge in [0, 0.05) is 21.7 Å². The van der Waals surface area contributed by atoms with Gasteiger partial charge in [-0.3, -0.25) is 0 Å². The monoisotopic (exact) mass is 318 g/mol. The molecule has 0 aliphatic heterocycles. The van der Waals surface area contributed by atoms with Crippen molar-refractivity contribution in [2.45, 2.75) is 6.54 Å². The van der Waals surface area contributed by atoms with Gasteiger partial charge in [-0.05, 0) is 18.2 Å². The quantitative estimate of drug-likeness (QED) is 0.714. The van der Waals surface area contributed by atoms with Gasteiger partial charge in [-0.1, -0.05) is 41.9 Å². The highest BCUT2D eigenvalue weighted by molar-refractivity contribution is 7.09. The Hall–Kier alpha value is -1.91. The van der Waals surface area contributed by atoms with Crippen molar-refractivity contribution in [3.8, 4) is 11.3 Å². The van der Waals surface area contributed by atoms with Crippen molar-refractivity contribution in [3.05, 3.63) is 69.8 Å². The highest BCUT2D eigenvalue weighted by Crippen LogP contribution is 2.23. The second-order valence-electron chi connectivity index (χ2n) is 4.50. The predicted octanol–water partition coefficient (Wildman–Crippen LogP) is 5.21. The van der Waals surface area contributed by atoms with Crippen molar-refractivity contribution >= 4 is 28.6 Å². The van der Waals surface area contributed by atoms with Gasteiger partial charge in [0.2, 0.25) is 0 Å². The number of anilines is 1. The minimum absolute atomic E-state index is 0.353. The fourth-order valence-corrected chi connectivity index (χ4v) is 2.93. The van der Waals surface area contributed by atoms with Gasteiger partial charge in [0.05, 0.1) is 12.2 Å². The van der Waals surface area contributed by atoms with E-state index in [1.54, 1.807) is 17.4 Å². The SMILES string of the molecule is Fc1cc(Cl)cc(NCc2nc(-c3ccccc3)cs2)c1. The summed E-state index contributed by atoms with van der Waals surface area (Å²) in [4.78, 5) is 4.57. The minimum atomic E-state index is -0.353.